The van der Waals surface area contributed by atoms with Crippen molar-refractivity contribution in [3.8, 4) is 0 Å². The maximum atomic E-state index is 7.63. The van der Waals surface area contributed by atoms with E-state index < -0.39 is 29.0 Å². The summed E-state index contributed by atoms with van der Waals surface area (Å²) >= 11 is -2.20. The Labute approximate surface area is 195 Å². The summed E-state index contributed by atoms with van der Waals surface area (Å²) in [6.07, 6.45) is 17.3. The van der Waals surface area contributed by atoms with Gasteiger partial charge in [0.25, 0.3) is 0 Å². The van der Waals surface area contributed by atoms with Crippen LogP contribution in [0, 0.1) is 59.2 Å². The fourth-order valence-electron chi connectivity index (χ4n) is 11.0. The summed E-state index contributed by atoms with van der Waals surface area (Å²) in [7, 11) is 0. The third kappa shape index (κ3) is 3.57. The Morgan fingerprint density at radius 3 is 1.27 bits per heavy atom. The Morgan fingerprint density at radius 1 is 0.600 bits per heavy atom. The van der Waals surface area contributed by atoms with Gasteiger partial charge in [-0.15, -0.1) is 0 Å². The number of hydrogen-bond donors (Lipinski definition) is 0. The molecule has 8 rings (SSSR count). The van der Waals surface area contributed by atoms with Gasteiger partial charge in [-0.25, -0.2) is 0 Å². The van der Waals surface area contributed by atoms with Gasteiger partial charge >= 0.3 is 196 Å². The fraction of sp³-hybridized carbons (Fsp3) is 1.00. The van der Waals surface area contributed by atoms with Crippen LogP contribution in [0.3, 0.4) is 0 Å². The van der Waals surface area contributed by atoms with E-state index in [1.165, 1.54) is 6.42 Å². The average molecular weight is 532 g/mol. The molecule has 0 saturated heterocycles. The van der Waals surface area contributed by atoms with Gasteiger partial charge in [-0.05, 0) is 0 Å². The van der Waals surface area contributed by atoms with Crippen LogP contribution in [0.25, 0.3) is 0 Å². The molecule has 0 atom stereocenters. The van der Waals surface area contributed by atoms with Crippen LogP contribution in [-0.2, 0) is 3.76 Å². The van der Waals surface area contributed by atoms with E-state index in [1.54, 1.807) is 69.5 Å². The SMILES string of the molecule is [CH3][Ge]([CH3])[CH2]CC([O][Ge]([CH3])[CH3])(C1C2CC3CC(C2)CC1C3)C1C2CC3CC(C2)CC1C3. The van der Waals surface area contributed by atoms with E-state index in [9.17, 15) is 0 Å². The molecule has 2 radical (unpaired) electrons. The molecule has 8 fully saturated rings. The predicted octanol–water partition coefficient (Wildman–Crippen LogP) is 7.28. The number of hydrogen-bond acceptors (Lipinski definition) is 1. The quantitative estimate of drug-likeness (QED) is 0.314. The molecule has 0 aromatic heterocycles. The first-order valence-electron chi connectivity index (χ1n) is 13.7. The van der Waals surface area contributed by atoms with Crippen molar-refractivity contribution in [2.45, 2.75) is 105 Å². The van der Waals surface area contributed by atoms with Crippen molar-refractivity contribution < 1.29 is 3.76 Å². The molecule has 0 unspecified atom stereocenters. The average Bonchev–Trinajstić information content (AvgIpc) is 2.64. The van der Waals surface area contributed by atoms with Crippen LogP contribution >= 0.6 is 0 Å². The molecular formula is C27H46Ge2O. The van der Waals surface area contributed by atoms with Crippen molar-refractivity contribution in [2.75, 3.05) is 0 Å². The van der Waals surface area contributed by atoms with Gasteiger partial charge in [-0.3, -0.25) is 0 Å². The number of rotatable bonds is 7. The Morgan fingerprint density at radius 2 is 0.967 bits per heavy atom. The third-order valence-electron chi connectivity index (χ3n) is 11.0. The molecule has 0 amide bonds. The molecule has 0 aromatic carbocycles. The molecule has 30 heavy (non-hydrogen) atoms. The zero-order chi connectivity index (χ0) is 20.6. The van der Waals surface area contributed by atoms with Gasteiger partial charge in [0.2, 0.25) is 0 Å². The summed E-state index contributed by atoms with van der Waals surface area (Å²) < 4.78 is 7.63. The van der Waals surface area contributed by atoms with Crippen molar-refractivity contribution in [3.05, 3.63) is 0 Å². The van der Waals surface area contributed by atoms with Crippen molar-refractivity contribution in [1.29, 1.82) is 0 Å². The van der Waals surface area contributed by atoms with E-state index in [1.807, 2.05) is 0 Å². The van der Waals surface area contributed by atoms with Crippen LogP contribution in [0.2, 0.25) is 28.3 Å². The first-order valence-corrected chi connectivity index (χ1v) is 24.4. The molecule has 8 aliphatic carbocycles. The van der Waals surface area contributed by atoms with Crippen molar-refractivity contribution >= 4 is 29.0 Å². The van der Waals surface area contributed by atoms with Gasteiger partial charge in [0, 0.05) is 0 Å². The van der Waals surface area contributed by atoms with Crippen molar-refractivity contribution in [2.24, 2.45) is 59.2 Å². The third-order valence-corrected chi connectivity index (χ3v) is 15.3. The minimum atomic E-state index is -1.37. The van der Waals surface area contributed by atoms with Crippen molar-refractivity contribution in [3.63, 3.8) is 0 Å². The molecule has 0 aromatic rings. The summed E-state index contributed by atoms with van der Waals surface area (Å²) in [6, 6.07) is 0. The summed E-state index contributed by atoms with van der Waals surface area (Å²) in [5.41, 5.74) is 0.314. The van der Waals surface area contributed by atoms with E-state index in [0.29, 0.717) is 5.60 Å². The van der Waals surface area contributed by atoms with Gasteiger partial charge in [-0.1, -0.05) is 0 Å². The normalized spacial score (nSPS) is 50.6. The summed E-state index contributed by atoms with van der Waals surface area (Å²) in [5.74, 6) is 20.8. The van der Waals surface area contributed by atoms with Gasteiger partial charge < -0.3 is 0 Å². The zero-order valence-corrected chi connectivity index (χ0v) is 24.4. The molecule has 8 aliphatic rings. The van der Waals surface area contributed by atoms with Gasteiger partial charge in [-0.2, -0.15) is 0 Å². The molecule has 0 N–H and O–H groups in total. The van der Waals surface area contributed by atoms with Crippen LogP contribution in [0.15, 0.2) is 0 Å². The van der Waals surface area contributed by atoms with Gasteiger partial charge in [0.05, 0.1) is 0 Å². The van der Waals surface area contributed by atoms with E-state index in [2.05, 4.69) is 23.0 Å². The molecule has 1 nitrogen and oxygen atoms in total. The topological polar surface area (TPSA) is 9.23 Å². The fourth-order valence-corrected chi connectivity index (χ4v) is 15.3. The predicted molar refractivity (Wildman–Crippen MR) is 129 cm³/mol. The van der Waals surface area contributed by atoms with Crippen LogP contribution in [0.5, 0.6) is 0 Å². The second-order valence-electron chi connectivity index (χ2n) is 13.6. The standard InChI is InChI=1S/C27H46Ge2O/c1-28(2)6-5-27(30-29(3)4,25-21-9-17-7-18(11-21)12-22(25)10-17)26-23-13-19-8-20(15-23)16-24(26)14-19/h17-26H,5-16H2,1-4H3. The summed E-state index contributed by atoms with van der Waals surface area (Å²) in [4.78, 5) is 0. The summed E-state index contributed by atoms with van der Waals surface area (Å²) in [6.45, 7) is 0. The molecule has 8 bridgehead atoms. The van der Waals surface area contributed by atoms with E-state index in [4.69, 9.17) is 3.76 Å². The maximum absolute atomic E-state index is 7.63. The molecule has 3 heteroatoms. The van der Waals surface area contributed by atoms with E-state index >= 15 is 0 Å². The van der Waals surface area contributed by atoms with Crippen LogP contribution in [0.1, 0.15) is 70.6 Å². The second-order valence-corrected chi connectivity index (χ2v) is 23.9. The van der Waals surface area contributed by atoms with Gasteiger partial charge in [0.15, 0.2) is 0 Å². The zero-order valence-electron chi connectivity index (χ0n) is 20.2. The molecule has 0 aliphatic heterocycles. The van der Waals surface area contributed by atoms with Crippen LogP contribution in [0.4, 0.5) is 0 Å². The summed E-state index contributed by atoms with van der Waals surface area (Å²) in [5, 5.41) is 1.57. The molecule has 0 heterocycles. The van der Waals surface area contributed by atoms with Gasteiger partial charge in [0.1, 0.15) is 0 Å². The molecule has 168 valence electrons. The monoisotopic (exact) mass is 534 g/mol. The second kappa shape index (κ2) is 8.07. The molecule has 0 spiro atoms. The first kappa shape index (κ1) is 21.6. The first-order chi connectivity index (χ1) is 14.4. The Kier molecular flexibility index (Phi) is 5.80. The molecule has 8 saturated carbocycles. The van der Waals surface area contributed by atoms with Crippen molar-refractivity contribution in [1.82, 2.24) is 0 Å². The Bertz CT molecular complexity index is 545. The Hall–Kier alpha value is 1.05. The minimum absolute atomic E-state index is 0.314. The van der Waals surface area contributed by atoms with Crippen LogP contribution in [-0.4, -0.2) is 34.6 Å². The van der Waals surface area contributed by atoms with Crippen LogP contribution < -0.4 is 0 Å². The molecular weight excluding hydrogens is 486 g/mol. The van der Waals surface area contributed by atoms with E-state index in [0.717, 1.165) is 59.2 Å². The van der Waals surface area contributed by atoms with E-state index in [-0.39, 0.29) is 0 Å². The Balaban J connectivity index is 1.41.